The van der Waals surface area contributed by atoms with Crippen LogP contribution >= 0.6 is 0 Å². The molecule has 1 aromatic rings. The van der Waals surface area contributed by atoms with Crippen LogP contribution in [0.5, 0.6) is 0 Å². The minimum atomic E-state index is 0.439. The van der Waals surface area contributed by atoms with Crippen molar-refractivity contribution in [1.29, 1.82) is 0 Å². The van der Waals surface area contributed by atoms with Crippen LogP contribution in [0, 0.1) is 0 Å². The summed E-state index contributed by atoms with van der Waals surface area (Å²) in [7, 11) is 3.53. The molecule has 1 aliphatic rings. The maximum absolute atomic E-state index is 5.11. The van der Waals surface area contributed by atoms with Crippen LogP contribution < -0.4 is 10.6 Å². The Bertz CT molecular complexity index is 389. The molecule has 1 aromatic heterocycles. The van der Waals surface area contributed by atoms with Gasteiger partial charge in [-0.3, -0.25) is 0 Å². The molecule has 1 aliphatic carbocycles. The largest absolute Gasteiger partial charge is 0.377 e. The number of anilines is 2. The summed E-state index contributed by atoms with van der Waals surface area (Å²) in [5, 5.41) is 6.62. The average Bonchev–Trinajstić information content (AvgIpc) is 2.67. The molecule has 0 spiro atoms. The lowest BCUT2D eigenvalue weighted by Gasteiger charge is -2.17. The molecular formula is C14H24N4O. The van der Waals surface area contributed by atoms with E-state index >= 15 is 0 Å². The molecule has 0 unspecified atom stereocenters. The van der Waals surface area contributed by atoms with Gasteiger partial charge in [0.25, 0.3) is 0 Å². The van der Waals surface area contributed by atoms with E-state index in [0.717, 1.165) is 11.6 Å². The molecule has 1 fully saturated rings. The van der Waals surface area contributed by atoms with Gasteiger partial charge in [0.15, 0.2) is 5.82 Å². The second-order valence-electron chi connectivity index (χ2n) is 5.07. The molecule has 0 radical (unpaired) electrons. The Balaban J connectivity index is 2.06. The molecule has 0 bridgehead atoms. The van der Waals surface area contributed by atoms with E-state index in [1.54, 1.807) is 7.11 Å². The van der Waals surface area contributed by atoms with E-state index in [1.165, 1.54) is 38.5 Å². The van der Waals surface area contributed by atoms with Gasteiger partial charge in [-0.1, -0.05) is 25.7 Å². The van der Waals surface area contributed by atoms with Crippen molar-refractivity contribution in [3.05, 3.63) is 11.9 Å². The Hall–Kier alpha value is -1.36. The number of aromatic nitrogens is 2. The summed E-state index contributed by atoms with van der Waals surface area (Å²) >= 11 is 0. The molecular weight excluding hydrogens is 240 g/mol. The predicted octanol–water partition coefficient (Wildman–Crippen LogP) is 2.80. The zero-order valence-corrected chi connectivity index (χ0v) is 11.9. The van der Waals surface area contributed by atoms with Crippen molar-refractivity contribution in [3.63, 3.8) is 0 Å². The van der Waals surface area contributed by atoms with Crippen LogP contribution in [0.25, 0.3) is 0 Å². The highest BCUT2D eigenvalue weighted by molar-refractivity contribution is 5.47. The first-order valence-electron chi connectivity index (χ1n) is 7.13. The van der Waals surface area contributed by atoms with Crippen LogP contribution in [0.15, 0.2) is 6.07 Å². The molecule has 0 atom stereocenters. The third kappa shape index (κ3) is 4.35. The summed E-state index contributed by atoms with van der Waals surface area (Å²) in [5.41, 5.74) is 0. The Morgan fingerprint density at radius 1 is 1.16 bits per heavy atom. The maximum atomic E-state index is 5.11. The first kappa shape index (κ1) is 14.1. The van der Waals surface area contributed by atoms with Crippen LogP contribution in [0.2, 0.25) is 0 Å². The minimum absolute atomic E-state index is 0.439. The van der Waals surface area contributed by atoms with Crippen molar-refractivity contribution in [2.75, 3.05) is 24.8 Å². The molecule has 106 valence electrons. The fraction of sp³-hybridized carbons (Fsp3) is 0.714. The highest BCUT2D eigenvalue weighted by Crippen LogP contribution is 2.21. The van der Waals surface area contributed by atoms with E-state index in [9.17, 15) is 0 Å². The average molecular weight is 264 g/mol. The Morgan fingerprint density at radius 3 is 2.47 bits per heavy atom. The van der Waals surface area contributed by atoms with Crippen molar-refractivity contribution in [1.82, 2.24) is 9.97 Å². The van der Waals surface area contributed by atoms with E-state index < -0.39 is 0 Å². The molecule has 0 saturated heterocycles. The van der Waals surface area contributed by atoms with Gasteiger partial charge >= 0.3 is 0 Å². The predicted molar refractivity (Wildman–Crippen MR) is 77.4 cm³/mol. The van der Waals surface area contributed by atoms with Crippen molar-refractivity contribution >= 4 is 11.6 Å². The molecule has 0 aliphatic heterocycles. The number of ether oxygens (including phenoxy) is 1. The SMILES string of the molecule is CNc1cc(NC2CCCCCC2)nc(COC)n1. The quantitative estimate of drug-likeness (QED) is 0.801. The topological polar surface area (TPSA) is 59.1 Å². The van der Waals surface area contributed by atoms with E-state index in [2.05, 4.69) is 20.6 Å². The van der Waals surface area contributed by atoms with Gasteiger partial charge in [-0.25, -0.2) is 9.97 Å². The molecule has 1 heterocycles. The fourth-order valence-electron chi connectivity index (χ4n) is 2.53. The van der Waals surface area contributed by atoms with Gasteiger partial charge in [0.1, 0.15) is 18.2 Å². The molecule has 2 rings (SSSR count). The highest BCUT2D eigenvalue weighted by Gasteiger charge is 2.13. The molecule has 0 aromatic carbocycles. The molecule has 5 heteroatoms. The van der Waals surface area contributed by atoms with E-state index in [0.29, 0.717) is 18.5 Å². The summed E-state index contributed by atoms with van der Waals surface area (Å²) in [6.07, 6.45) is 7.81. The monoisotopic (exact) mass is 264 g/mol. The van der Waals surface area contributed by atoms with Crippen LogP contribution in [0.4, 0.5) is 11.6 Å². The van der Waals surface area contributed by atoms with Crippen LogP contribution in [0.3, 0.4) is 0 Å². The van der Waals surface area contributed by atoms with Crippen molar-refractivity contribution < 1.29 is 4.74 Å². The number of hydrogen-bond acceptors (Lipinski definition) is 5. The number of nitrogens with one attached hydrogen (secondary N) is 2. The van der Waals surface area contributed by atoms with E-state index in [-0.39, 0.29) is 0 Å². The standard InChI is InChI=1S/C14H24N4O/c1-15-12-9-13(18-14(17-12)10-19-2)16-11-7-5-3-4-6-8-11/h9,11H,3-8,10H2,1-2H3,(H2,15,16,17,18). The Kier molecular flexibility index (Phi) is 5.39. The normalized spacial score (nSPS) is 16.9. The van der Waals surface area contributed by atoms with Gasteiger partial charge < -0.3 is 15.4 Å². The van der Waals surface area contributed by atoms with Crippen LogP contribution in [-0.4, -0.2) is 30.2 Å². The van der Waals surface area contributed by atoms with Gasteiger partial charge in [-0.15, -0.1) is 0 Å². The molecule has 1 saturated carbocycles. The number of methoxy groups -OCH3 is 1. The third-order valence-electron chi connectivity index (χ3n) is 3.51. The second kappa shape index (κ2) is 7.28. The third-order valence-corrected chi connectivity index (χ3v) is 3.51. The lowest BCUT2D eigenvalue weighted by Crippen LogP contribution is -2.20. The number of nitrogens with zero attached hydrogens (tertiary/aromatic N) is 2. The fourth-order valence-corrected chi connectivity index (χ4v) is 2.53. The van der Waals surface area contributed by atoms with Crippen molar-refractivity contribution in [3.8, 4) is 0 Å². The lowest BCUT2D eigenvalue weighted by atomic mass is 10.1. The van der Waals surface area contributed by atoms with E-state index in [4.69, 9.17) is 4.74 Å². The van der Waals surface area contributed by atoms with Gasteiger partial charge in [0, 0.05) is 26.3 Å². The smallest absolute Gasteiger partial charge is 0.158 e. The summed E-state index contributed by atoms with van der Waals surface area (Å²) in [5.74, 6) is 2.45. The molecule has 0 amide bonds. The number of hydrogen-bond donors (Lipinski definition) is 2. The van der Waals surface area contributed by atoms with Crippen LogP contribution in [0.1, 0.15) is 44.3 Å². The second-order valence-corrected chi connectivity index (χ2v) is 5.07. The van der Waals surface area contributed by atoms with Crippen LogP contribution in [-0.2, 0) is 11.3 Å². The Morgan fingerprint density at radius 2 is 1.84 bits per heavy atom. The highest BCUT2D eigenvalue weighted by atomic mass is 16.5. The zero-order chi connectivity index (χ0) is 13.5. The summed E-state index contributed by atoms with van der Waals surface area (Å²) in [6.45, 7) is 0.439. The van der Waals surface area contributed by atoms with Crippen molar-refractivity contribution in [2.24, 2.45) is 0 Å². The molecule has 19 heavy (non-hydrogen) atoms. The first-order valence-corrected chi connectivity index (χ1v) is 7.13. The maximum Gasteiger partial charge on any atom is 0.158 e. The first-order chi connectivity index (χ1) is 9.31. The summed E-state index contributed by atoms with van der Waals surface area (Å²) in [6, 6.07) is 2.50. The minimum Gasteiger partial charge on any atom is -0.377 e. The summed E-state index contributed by atoms with van der Waals surface area (Å²) < 4.78 is 5.11. The van der Waals surface area contributed by atoms with Gasteiger partial charge in [-0.05, 0) is 12.8 Å². The van der Waals surface area contributed by atoms with Gasteiger partial charge in [0.2, 0.25) is 0 Å². The van der Waals surface area contributed by atoms with Gasteiger partial charge in [-0.2, -0.15) is 0 Å². The summed E-state index contributed by atoms with van der Waals surface area (Å²) in [4.78, 5) is 8.87. The number of rotatable bonds is 5. The zero-order valence-electron chi connectivity index (χ0n) is 11.9. The Labute approximate surface area is 115 Å². The van der Waals surface area contributed by atoms with Gasteiger partial charge in [0.05, 0.1) is 0 Å². The lowest BCUT2D eigenvalue weighted by molar-refractivity contribution is 0.178. The van der Waals surface area contributed by atoms with E-state index in [1.807, 2.05) is 13.1 Å². The molecule has 2 N–H and O–H groups in total. The molecule has 5 nitrogen and oxygen atoms in total. The van der Waals surface area contributed by atoms with Crippen molar-refractivity contribution in [2.45, 2.75) is 51.2 Å².